The lowest BCUT2D eigenvalue weighted by atomic mass is 10.2. The number of hydrogen-bond acceptors (Lipinski definition) is 4. The Balaban J connectivity index is 2.29. The number of thiophene rings is 1. The largest absolute Gasteiger partial charge is 0.309 e. The molecule has 0 amide bonds. The van der Waals surface area contributed by atoms with Crippen molar-refractivity contribution in [1.29, 1.82) is 0 Å². The van der Waals surface area contributed by atoms with Crippen molar-refractivity contribution in [2.24, 2.45) is 0 Å². The van der Waals surface area contributed by atoms with Crippen LogP contribution >= 0.6 is 11.3 Å². The van der Waals surface area contributed by atoms with Crippen molar-refractivity contribution in [1.82, 2.24) is 15.3 Å². The first-order valence-corrected chi connectivity index (χ1v) is 7.11. The van der Waals surface area contributed by atoms with E-state index >= 15 is 0 Å². The van der Waals surface area contributed by atoms with Crippen LogP contribution in [0.5, 0.6) is 0 Å². The highest BCUT2D eigenvalue weighted by Crippen LogP contribution is 2.24. The minimum Gasteiger partial charge on any atom is -0.309 e. The molecule has 2 rings (SSSR count). The Bertz CT molecular complexity index is 532. The number of aromatic nitrogens is 2. The van der Waals surface area contributed by atoms with E-state index in [0.29, 0.717) is 6.04 Å². The molecule has 0 aliphatic rings. The van der Waals surface area contributed by atoms with Crippen LogP contribution in [-0.2, 0) is 6.54 Å². The summed E-state index contributed by atoms with van der Waals surface area (Å²) in [6.07, 6.45) is 0. The lowest BCUT2D eigenvalue weighted by Crippen LogP contribution is -2.22. The summed E-state index contributed by atoms with van der Waals surface area (Å²) >= 11 is 1.70. The van der Waals surface area contributed by atoms with Crippen molar-refractivity contribution in [2.75, 3.05) is 0 Å². The number of nitrogens with zero attached hydrogens (tertiary/aromatic N) is 2. The van der Waals surface area contributed by atoms with E-state index in [-0.39, 0.29) is 0 Å². The fraction of sp³-hybridized carbons (Fsp3) is 0.429. The molecule has 0 saturated carbocycles. The molecule has 2 aromatic heterocycles. The molecule has 0 aliphatic carbocycles. The molecular weight excluding hydrogens is 242 g/mol. The van der Waals surface area contributed by atoms with Crippen molar-refractivity contribution in [3.8, 4) is 11.4 Å². The molecule has 4 heteroatoms. The van der Waals surface area contributed by atoms with Gasteiger partial charge in [-0.25, -0.2) is 9.97 Å². The second kappa shape index (κ2) is 5.59. The molecule has 3 nitrogen and oxygen atoms in total. The molecule has 0 bridgehead atoms. The van der Waals surface area contributed by atoms with Crippen molar-refractivity contribution >= 4 is 11.3 Å². The smallest absolute Gasteiger partial charge is 0.160 e. The zero-order valence-electron chi connectivity index (χ0n) is 11.3. The SMILES string of the molecule is Cc1cc(CNC(C)C)nc(-c2cscc2C)n1. The first-order valence-electron chi connectivity index (χ1n) is 6.17. The molecular formula is C14H19N3S. The Labute approximate surface area is 112 Å². The summed E-state index contributed by atoms with van der Waals surface area (Å²) in [5.41, 5.74) is 4.46. The minimum atomic E-state index is 0.464. The lowest BCUT2D eigenvalue weighted by Gasteiger charge is -2.09. The van der Waals surface area contributed by atoms with Gasteiger partial charge in [0.25, 0.3) is 0 Å². The molecule has 0 aromatic carbocycles. The van der Waals surface area contributed by atoms with E-state index in [1.807, 2.05) is 13.0 Å². The fourth-order valence-electron chi connectivity index (χ4n) is 1.74. The van der Waals surface area contributed by atoms with Crippen molar-refractivity contribution in [2.45, 2.75) is 40.3 Å². The average molecular weight is 261 g/mol. The highest BCUT2D eigenvalue weighted by atomic mass is 32.1. The van der Waals surface area contributed by atoms with Gasteiger partial charge in [-0.1, -0.05) is 13.8 Å². The van der Waals surface area contributed by atoms with Crippen molar-refractivity contribution in [3.05, 3.63) is 33.8 Å². The van der Waals surface area contributed by atoms with Crippen molar-refractivity contribution < 1.29 is 0 Å². The topological polar surface area (TPSA) is 37.8 Å². The van der Waals surface area contributed by atoms with Gasteiger partial charge in [-0.3, -0.25) is 0 Å². The summed E-state index contributed by atoms with van der Waals surface area (Å²) < 4.78 is 0. The summed E-state index contributed by atoms with van der Waals surface area (Å²) in [7, 11) is 0. The van der Waals surface area contributed by atoms with Gasteiger partial charge < -0.3 is 5.32 Å². The van der Waals surface area contributed by atoms with Gasteiger partial charge in [0.2, 0.25) is 0 Å². The Hall–Kier alpha value is -1.26. The number of nitrogens with one attached hydrogen (secondary N) is 1. The van der Waals surface area contributed by atoms with Gasteiger partial charge in [-0.15, -0.1) is 0 Å². The first-order chi connectivity index (χ1) is 8.56. The third-order valence-corrected chi connectivity index (χ3v) is 3.56. The summed E-state index contributed by atoms with van der Waals surface area (Å²) in [6, 6.07) is 2.51. The summed E-state index contributed by atoms with van der Waals surface area (Å²) in [4.78, 5) is 9.17. The van der Waals surface area contributed by atoms with Gasteiger partial charge in [0, 0.05) is 29.2 Å². The van der Waals surface area contributed by atoms with E-state index in [2.05, 4.69) is 46.8 Å². The lowest BCUT2D eigenvalue weighted by molar-refractivity contribution is 0.580. The van der Waals surface area contributed by atoms with E-state index in [9.17, 15) is 0 Å². The molecule has 0 aliphatic heterocycles. The second-order valence-corrected chi connectivity index (χ2v) is 5.57. The van der Waals surface area contributed by atoms with E-state index in [0.717, 1.165) is 29.3 Å². The molecule has 0 atom stereocenters. The Morgan fingerprint density at radius 3 is 2.61 bits per heavy atom. The van der Waals surface area contributed by atoms with Crippen LogP contribution in [0, 0.1) is 13.8 Å². The molecule has 18 heavy (non-hydrogen) atoms. The highest BCUT2D eigenvalue weighted by molar-refractivity contribution is 7.08. The van der Waals surface area contributed by atoms with E-state index in [1.54, 1.807) is 11.3 Å². The normalized spacial score (nSPS) is 11.2. The maximum Gasteiger partial charge on any atom is 0.160 e. The molecule has 0 saturated heterocycles. The standard InChI is InChI=1S/C14H19N3S/c1-9(2)15-6-12-5-11(4)16-14(17-12)13-8-18-7-10(13)3/h5,7-9,15H,6H2,1-4H3. The first kappa shape index (κ1) is 13.2. The molecule has 0 radical (unpaired) electrons. The third-order valence-electron chi connectivity index (χ3n) is 2.70. The number of aryl methyl sites for hydroxylation is 2. The maximum atomic E-state index is 4.64. The fourth-order valence-corrected chi connectivity index (χ4v) is 2.57. The number of rotatable bonds is 4. The molecule has 2 heterocycles. The van der Waals surface area contributed by atoms with Crippen LogP contribution in [0.2, 0.25) is 0 Å². The summed E-state index contributed by atoms with van der Waals surface area (Å²) in [6.45, 7) is 9.18. The van der Waals surface area contributed by atoms with Crippen LogP contribution in [0.25, 0.3) is 11.4 Å². The van der Waals surface area contributed by atoms with Crippen LogP contribution in [0.4, 0.5) is 0 Å². The highest BCUT2D eigenvalue weighted by Gasteiger charge is 2.08. The second-order valence-electron chi connectivity index (χ2n) is 4.83. The predicted octanol–water partition coefficient (Wildman–Crippen LogP) is 3.32. The molecule has 0 fully saturated rings. The van der Waals surface area contributed by atoms with Gasteiger partial charge in [-0.2, -0.15) is 11.3 Å². The minimum absolute atomic E-state index is 0.464. The molecule has 0 unspecified atom stereocenters. The maximum absolute atomic E-state index is 4.64. The summed E-state index contributed by atoms with van der Waals surface area (Å²) in [5.74, 6) is 0.842. The monoisotopic (exact) mass is 261 g/mol. The van der Waals surface area contributed by atoms with Gasteiger partial charge >= 0.3 is 0 Å². The van der Waals surface area contributed by atoms with Crippen LogP contribution in [0.1, 0.15) is 30.8 Å². The third kappa shape index (κ3) is 3.15. The predicted molar refractivity (Wildman–Crippen MR) is 76.8 cm³/mol. The molecule has 1 N–H and O–H groups in total. The Kier molecular flexibility index (Phi) is 4.09. The van der Waals surface area contributed by atoms with Crippen LogP contribution < -0.4 is 5.32 Å². The zero-order valence-corrected chi connectivity index (χ0v) is 12.1. The molecule has 2 aromatic rings. The molecule has 0 spiro atoms. The van der Waals surface area contributed by atoms with Crippen LogP contribution in [0.15, 0.2) is 16.8 Å². The van der Waals surface area contributed by atoms with E-state index in [1.165, 1.54) is 5.56 Å². The molecule has 96 valence electrons. The van der Waals surface area contributed by atoms with Crippen LogP contribution in [0.3, 0.4) is 0 Å². The van der Waals surface area contributed by atoms with Gasteiger partial charge in [0.15, 0.2) is 5.82 Å². The van der Waals surface area contributed by atoms with Crippen molar-refractivity contribution in [3.63, 3.8) is 0 Å². The van der Waals surface area contributed by atoms with Crippen LogP contribution in [-0.4, -0.2) is 16.0 Å². The summed E-state index contributed by atoms with van der Waals surface area (Å²) in [5, 5.41) is 7.64. The zero-order chi connectivity index (χ0) is 13.1. The Morgan fingerprint density at radius 2 is 2.00 bits per heavy atom. The van der Waals surface area contributed by atoms with Gasteiger partial charge in [-0.05, 0) is 30.9 Å². The Morgan fingerprint density at radius 1 is 1.22 bits per heavy atom. The van der Waals surface area contributed by atoms with Gasteiger partial charge in [0.1, 0.15) is 0 Å². The quantitative estimate of drug-likeness (QED) is 0.917. The van der Waals surface area contributed by atoms with E-state index < -0.39 is 0 Å². The average Bonchev–Trinajstić information content (AvgIpc) is 2.72. The van der Waals surface area contributed by atoms with E-state index in [4.69, 9.17) is 0 Å². The van der Waals surface area contributed by atoms with Gasteiger partial charge in [0.05, 0.1) is 5.69 Å². The number of hydrogen-bond donors (Lipinski definition) is 1.